The molecule has 1 aromatic heterocycles. The zero-order valence-corrected chi connectivity index (χ0v) is 19.4. The van der Waals surface area contributed by atoms with E-state index in [4.69, 9.17) is 4.74 Å². The molecule has 0 spiro atoms. The monoisotopic (exact) mass is 446 g/mol. The number of aromatic nitrogens is 2. The maximum atomic E-state index is 13.0. The number of nitrogens with zero attached hydrogens (tertiary/aromatic N) is 3. The van der Waals surface area contributed by atoms with Crippen molar-refractivity contribution in [1.29, 1.82) is 0 Å². The predicted molar refractivity (Wildman–Crippen MR) is 127 cm³/mol. The Hall–Kier alpha value is -3.61. The van der Waals surface area contributed by atoms with Gasteiger partial charge in [0.05, 0.1) is 19.3 Å². The summed E-state index contributed by atoms with van der Waals surface area (Å²) in [5.74, 6) is 1.01. The van der Waals surface area contributed by atoms with E-state index in [1.54, 1.807) is 12.0 Å². The number of methoxy groups -OCH3 is 1. The topological polar surface area (TPSA) is 76.5 Å². The summed E-state index contributed by atoms with van der Waals surface area (Å²) in [6.45, 7) is 5.62. The summed E-state index contributed by atoms with van der Waals surface area (Å²) >= 11 is 0. The van der Waals surface area contributed by atoms with Crippen LogP contribution < -0.4 is 10.1 Å². The fourth-order valence-corrected chi connectivity index (χ4v) is 4.29. The van der Waals surface area contributed by atoms with Gasteiger partial charge < -0.3 is 19.5 Å². The van der Waals surface area contributed by atoms with Gasteiger partial charge in [0.2, 0.25) is 0 Å². The van der Waals surface area contributed by atoms with E-state index in [1.165, 1.54) is 0 Å². The molecule has 0 fully saturated rings. The molecule has 1 aliphatic rings. The van der Waals surface area contributed by atoms with Crippen LogP contribution in [-0.2, 0) is 19.4 Å². The van der Waals surface area contributed by atoms with Crippen LogP contribution in [0.2, 0.25) is 0 Å². The van der Waals surface area contributed by atoms with Gasteiger partial charge in [-0.3, -0.25) is 9.59 Å². The Kier molecular flexibility index (Phi) is 6.77. The number of hydrogen-bond acceptors (Lipinski definition) is 4. The van der Waals surface area contributed by atoms with Crippen LogP contribution in [0.4, 0.5) is 0 Å². The lowest BCUT2D eigenvalue weighted by atomic mass is 10.1. The van der Waals surface area contributed by atoms with Crippen molar-refractivity contribution in [3.05, 3.63) is 82.9 Å². The lowest BCUT2D eigenvalue weighted by Gasteiger charge is -2.28. The van der Waals surface area contributed by atoms with Crippen LogP contribution in [0.5, 0.6) is 5.75 Å². The molecule has 2 amide bonds. The lowest BCUT2D eigenvalue weighted by molar-refractivity contribution is 0.0730. The molecule has 0 aliphatic carbocycles. The zero-order chi connectivity index (χ0) is 23.4. The molecule has 0 unspecified atom stereocenters. The van der Waals surface area contributed by atoms with Crippen molar-refractivity contribution >= 4 is 11.8 Å². The van der Waals surface area contributed by atoms with E-state index in [2.05, 4.69) is 24.1 Å². The Morgan fingerprint density at radius 3 is 2.64 bits per heavy atom. The molecule has 172 valence electrons. The Labute approximate surface area is 194 Å². The van der Waals surface area contributed by atoms with Crippen LogP contribution >= 0.6 is 0 Å². The SMILES string of the molecule is COc1cccc(CCNC(=O)c2nc3c(n2C(C)C)CCN(C(=O)c2ccccc2)C3)c1. The summed E-state index contributed by atoms with van der Waals surface area (Å²) in [6, 6.07) is 17.2. The molecular weight excluding hydrogens is 416 g/mol. The molecule has 0 radical (unpaired) electrons. The quantitative estimate of drug-likeness (QED) is 0.601. The maximum absolute atomic E-state index is 13.0. The van der Waals surface area contributed by atoms with E-state index in [9.17, 15) is 9.59 Å². The number of carbonyl (C=O) groups is 2. The Bertz CT molecular complexity index is 1140. The first kappa shape index (κ1) is 22.6. The molecule has 0 atom stereocenters. The van der Waals surface area contributed by atoms with Crippen LogP contribution in [0.3, 0.4) is 0 Å². The molecule has 0 saturated carbocycles. The van der Waals surface area contributed by atoms with Gasteiger partial charge in [-0.25, -0.2) is 4.98 Å². The van der Waals surface area contributed by atoms with Crippen LogP contribution in [0.15, 0.2) is 54.6 Å². The molecule has 2 aromatic carbocycles. The third-order valence-corrected chi connectivity index (χ3v) is 5.91. The van der Waals surface area contributed by atoms with E-state index in [0.29, 0.717) is 43.9 Å². The van der Waals surface area contributed by atoms with Gasteiger partial charge in [0.25, 0.3) is 11.8 Å². The molecule has 0 bridgehead atoms. The van der Waals surface area contributed by atoms with Crippen molar-refractivity contribution in [1.82, 2.24) is 19.8 Å². The largest absolute Gasteiger partial charge is 0.497 e. The lowest BCUT2D eigenvalue weighted by Crippen LogP contribution is -2.36. The van der Waals surface area contributed by atoms with Crippen molar-refractivity contribution < 1.29 is 14.3 Å². The van der Waals surface area contributed by atoms with Gasteiger partial charge in [-0.2, -0.15) is 0 Å². The third-order valence-electron chi connectivity index (χ3n) is 5.91. The second-order valence-corrected chi connectivity index (χ2v) is 8.49. The summed E-state index contributed by atoms with van der Waals surface area (Å²) < 4.78 is 7.28. The molecule has 4 rings (SSSR count). The number of carbonyl (C=O) groups excluding carboxylic acids is 2. The fraction of sp³-hybridized carbons (Fsp3) is 0.346. The molecule has 2 heterocycles. The van der Waals surface area contributed by atoms with Crippen LogP contribution in [0.25, 0.3) is 0 Å². The van der Waals surface area contributed by atoms with Crippen LogP contribution in [0.1, 0.15) is 57.8 Å². The van der Waals surface area contributed by atoms with Crippen LogP contribution in [-0.4, -0.2) is 46.5 Å². The van der Waals surface area contributed by atoms with Gasteiger partial charge in [-0.15, -0.1) is 0 Å². The smallest absolute Gasteiger partial charge is 0.287 e. The number of imidazole rings is 1. The molecule has 1 aliphatic heterocycles. The highest BCUT2D eigenvalue weighted by atomic mass is 16.5. The maximum Gasteiger partial charge on any atom is 0.287 e. The molecule has 7 heteroatoms. The molecule has 1 N–H and O–H groups in total. The highest BCUT2D eigenvalue weighted by Gasteiger charge is 2.30. The van der Waals surface area contributed by atoms with Gasteiger partial charge in [0, 0.05) is 36.8 Å². The van der Waals surface area contributed by atoms with Crippen molar-refractivity contribution in [2.45, 2.75) is 39.3 Å². The summed E-state index contributed by atoms with van der Waals surface area (Å²) in [7, 11) is 1.64. The summed E-state index contributed by atoms with van der Waals surface area (Å²) in [4.78, 5) is 32.4. The van der Waals surface area contributed by atoms with E-state index < -0.39 is 0 Å². The summed E-state index contributed by atoms with van der Waals surface area (Å²) in [5, 5.41) is 3.01. The van der Waals surface area contributed by atoms with Gasteiger partial charge in [-0.05, 0) is 50.1 Å². The molecule has 3 aromatic rings. The van der Waals surface area contributed by atoms with Crippen molar-refractivity contribution in [2.75, 3.05) is 20.2 Å². The zero-order valence-electron chi connectivity index (χ0n) is 19.4. The number of rotatable bonds is 7. The highest BCUT2D eigenvalue weighted by molar-refractivity contribution is 5.94. The first-order valence-corrected chi connectivity index (χ1v) is 11.3. The molecule has 33 heavy (non-hydrogen) atoms. The second kappa shape index (κ2) is 9.90. The molecular formula is C26H30N4O3. The minimum Gasteiger partial charge on any atom is -0.497 e. The second-order valence-electron chi connectivity index (χ2n) is 8.49. The number of fused-ring (bicyclic) bond motifs is 1. The average Bonchev–Trinajstić information content (AvgIpc) is 3.23. The first-order valence-electron chi connectivity index (χ1n) is 11.3. The third kappa shape index (κ3) is 4.92. The van der Waals surface area contributed by atoms with Gasteiger partial charge in [-0.1, -0.05) is 30.3 Å². The van der Waals surface area contributed by atoms with E-state index >= 15 is 0 Å². The summed E-state index contributed by atoms with van der Waals surface area (Å²) in [6.07, 6.45) is 1.38. The number of amides is 2. The van der Waals surface area contributed by atoms with Gasteiger partial charge in [0.15, 0.2) is 5.82 Å². The van der Waals surface area contributed by atoms with Crippen LogP contribution in [0, 0.1) is 0 Å². The normalized spacial score (nSPS) is 13.0. The predicted octanol–water partition coefficient (Wildman–Crippen LogP) is 3.64. The Morgan fingerprint density at radius 1 is 1.12 bits per heavy atom. The van der Waals surface area contributed by atoms with Gasteiger partial charge in [0.1, 0.15) is 5.75 Å². The highest BCUT2D eigenvalue weighted by Crippen LogP contribution is 2.25. The number of hydrogen-bond donors (Lipinski definition) is 1. The minimum atomic E-state index is -0.193. The van der Waals surface area contributed by atoms with E-state index in [-0.39, 0.29) is 17.9 Å². The van der Waals surface area contributed by atoms with Crippen molar-refractivity contribution in [2.24, 2.45) is 0 Å². The number of ether oxygens (including phenoxy) is 1. The summed E-state index contributed by atoms with van der Waals surface area (Å²) in [5.41, 5.74) is 3.60. The van der Waals surface area contributed by atoms with Gasteiger partial charge >= 0.3 is 0 Å². The van der Waals surface area contributed by atoms with E-state index in [1.807, 2.05) is 59.2 Å². The minimum absolute atomic E-state index is 0.00959. The van der Waals surface area contributed by atoms with E-state index in [0.717, 1.165) is 22.7 Å². The number of nitrogens with one attached hydrogen (secondary N) is 1. The Morgan fingerprint density at radius 2 is 1.91 bits per heavy atom. The first-order chi connectivity index (χ1) is 16.0. The average molecular weight is 447 g/mol. The number of benzene rings is 2. The molecule has 0 saturated heterocycles. The standard InChI is InChI=1S/C26H30N4O3/c1-18(2)30-23-13-15-29(26(32)20-9-5-4-6-10-20)17-22(23)28-24(30)25(31)27-14-12-19-8-7-11-21(16-19)33-3/h4-11,16,18H,12-15,17H2,1-3H3,(H,27,31). The van der Waals surface area contributed by atoms with Crippen molar-refractivity contribution in [3.63, 3.8) is 0 Å². The van der Waals surface area contributed by atoms with Crippen molar-refractivity contribution in [3.8, 4) is 5.75 Å². The fourth-order valence-electron chi connectivity index (χ4n) is 4.29. The Balaban J connectivity index is 1.47. The molecule has 7 nitrogen and oxygen atoms in total.